The SMILES string of the molecule is c1cnn(CN2CCN(Cn3cccn3)CC2)c1. The number of piperazine rings is 1. The van der Waals surface area contributed by atoms with Crippen molar-refractivity contribution in [2.24, 2.45) is 0 Å². The van der Waals surface area contributed by atoms with Crippen molar-refractivity contribution >= 4 is 0 Å². The van der Waals surface area contributed by atoms with Gasteiger partial charge in [-0.2, -0.15) is 10.2 Å². The summed E-state index contributed by atoms with van der Waals surface area (Å²) in [5.41, 5.74) is 0. The van der Waals surface area contributed by atoms with Crippen LogP contribution in [0, 0.1) is 0 Å². The topological polar surface area (TPSA) is 42.1 Å². The van der Waals surface area contributed by atoms with Crippen LogP contribution in [0.3, 0.4) is 0 Å². The number of rotatable bonds is 4. The monoisotopic (exact) mass is 246 g/mol. The minimum atomic E-state index is 0.891. The lowest BCUT2D eigenvalue weighted by Crippen LogP contribution is -2.47. The molecular formula is C12H18N6. The Kier molecular flexibility index (Phi) is 3.38. The van der Waals surface area contributed by atoms with Gasteiger partial charge < -0.3 is 0 Å². The van der Waals surface area contributed by atoms with Gasteiger partial charge in [-0.05, 0) is 12.1 Å². The zero-order valence-corrected chi connectivity index (χ0v) is 10.4. The summed E-state index contributed by atoms with van der Waals surface area (Å²) in [6.07, 6.45) is 7.67. The molecule has 0 spiro atoms. The molecule has 2 aromatic rings. The maximum atomic E-state index is 4.24. The van der Waals surface area contributed by atoms with Crippen molar-refractivity contribution in [3.8, 4) is 0 Å². The van der Waals surface area contributed by atoms with Gasteiger partial charge >= 0.3 is 0 Å². The van der Waals surface area contributed by atoms with Crippen LogP contribution in [0.4, 0.5) is 0 Å². The summed E-state index contributed by atoms with van der Waals surface area (Å²) in [5.74, 6) is 0. The predicted octanol–water partition coefficient (Wildman–Crippen LogP) is 0.312. The quantitative estimate of drug-likeness (QED) is 0.779. The van der Waals surface area contributed by atoms with Crippen molar-refractivity contribution in [1.82, 2.24) is 29.4 Å². The summed E-state index contributed by atoms with van der Waals surface area (Å²) in [4.78, 5) is 4.85. The van der Waals surface area contributed by atoms with E-state index in [0.717, 1.165) is 39.5 Å². The van der Waals surface area contributed by atoms with Crippen LogP contribution in [-0.4, -0.2) is 55.5 Å². The molecular weight excluding hydrogens is 228 g/mol. The average Bonchev–Trinajstić information content (AvgIpc) is 3.05. The molecule has 6 heteroatoms. The second kappa shape index (κ2) is 5.32. The fourth-order valence-electron chi connectivity index (χ4n) is 2.25. The molecule has 0 atom stereocenters. The Morgan fingerprint density at radius 2 is 1.17 bits per heavy atom. The highest BCUT2D eigenvalue weighted by atomic mass is 15.4. The molecule has 0 bridgehead atoms. The van der Waals surface area contributed by atoms with Gasteiger partial charge in [-0.25, -0.2) is 0 Å². The molecule has 18 heavy (non-hydrogen) atoms. The smallest absolute Gasteiger partial charge is 0.0929 e. The van der Waals surface area contributed by atoms with Crippen molar-refractivity contribution in [2.45, 2.75) is 13.3 Å². The van der Waals surface area contributed by atoms with Crippen LogP contribution < -0.4 is 0 Å². The van der Waals surface area contributed by atoms with Crippen LogP contribution in [0.5, 0.6) is 0 Å². The minimum Gasteiger partial charge on any atom is -0.282 e. The number of hydrogen-bond donors (Lipinski definition) is 0. The summed E-state index contributed by atoms with van der Waals surface area (Å²) in [6, 6.07) is 3.93. The Balaban J connectivity index is 1.46. The molecule has 0 amide bonds. The highest BCUT2D eigenvalue weighted by molar-refractivity contribution is 4.80. The lowest BCUT2D eigenvalue weighted by Gasteiger charge is -2.34. The highest BCUT2D eigenvalue weighted by Gasteiger charge is 2.16. The van der Waals surface area contributed by atoms with Gasteiger partial charge in [0.05, 0.1) is 13.3 Å². The van der Waals surface area contributed by atoms with E-state index in [1.54, 1.807) is 0 Å². The van der Waals surface area contributed by atoms with Gasteiger partial charge in [0.1, 0.15) is 0 Å². The van der Waals surface area contributed by atoms with E-state index in [1.165, 1.54) is 0 Å². The molecule has 3 rings (SSSR count). The zero-order valence-electron chi connectivity index (χ0n) is 10.4. The van der Waals surface area contributed by atoms with E-state index in [0.29, 0.717) is 0 Å². The molecule has 96 valence electrons. The normalized spacial score (nSPS) is 18.2. The van der Waals surface area contributed by atoms with Gasteiger partial charge in [0.15, 0.2) is 0 Å². The fraction of sp³-hybridized carbons (Fsp3) is 0.500. The third kappa shape index (κ3) is 2.77. The standard InChI is InChI=1S/C12H18N6/c1-3-13-17(5-1)11-15-7-9-16(10-8-15)12-18-6-2-4-14-18/h1-6H,7-12H2. The van der Waals surface area contributed by atoms with Crippen molar-refractivity contribution in [3.63, 3.8) is 0 Å². The predicted molar refractivity (Wildman–Crippen MR) is 67.6 cm³/mol. The molecule has 0 saturated carbocycles. The van der Waals surface area contributed by atoms with Crippen molar-refractivity contribution in [3.05, 3.63) is 36.9 Å². The Hall–Kier alpha value is -1.66. The molecule has 0 aromatic carbocycles. The Bertz CT molecular complexity index is 397. The first kappa shape index (κ1) is 11.4. The first-order valence-corrected chi connectivity index (χ1v) is 6.30. The van der Waals surface area contributed by atoms with Crippen LogP contribution in [0.1, 0.15) is 0 Å². The molecule has 0 N–H and O–H groups in total. The third-order valence-corrected chi connectivity index (χ3v) is 3.27. The Morgan fingerprint density at radius 3 is 1.50 bits per heavy atom. The fourth-order valence-corrected chi connectivity index (χ4v) is 2.25. The minimum absolute atomic E-state index is 0.891. The van der Waals surface area contributed by atoms with Crippen LogP contribution in [0.25, 0.3) is 0 Å². The highest BCUT2D eigenvalue weighted by Crippen LogP contribution is 2.04. The van der Waals surface area contributed by atoms with Gasteiger partial charge in [0.2, 0.25) is 0 Å². The second-order valence-corrected chi connectivity index (χ2v) is 4.61. The van der Waals surface area contributed by atoms with Gasteiger partial charge in [0.25, 0.3) is 0 Å². The van der Waals surface area contributed by atoms with E-state index in [9.17, 15) is 0 Å². The van der Waals surface area contributed by atoms with E-state index in [4.69, 9.17) is 0 Å². The Labute approximate surface area is 106 Å². The zero-order chi connectivity index (χ0) is 12.2. The van der Waals surface area contributed by atoms with Gasteiger partial charge in [0, 0.05) is 51.0 Å². The van der Waals surface area contributed by atoms with Crippen molar-refractivity contribution in [1.29, 1.82) is 0 Å². The van der Waals surface area contributed by atoms with Crippen LogP contribution in [0.15, 0.2) is 36.9 Å². The molecule has 1 fully saturated rings. The largest absolute Gasteiger partial charge is 0.282 e. The number of aromatic nitrogens is 4. The summed E-state index contributed by atoms with van der Waals surface area (Å²) < 4.78 is 3.95. The number of nitrogens with zero attached hydrogens (tertiary/aromatic N) is 6. The summed E-state index contributed by atoms with van der Waals surface area (Å²) in [7, 11) is 0. The van der Waals surface area contributed by atoms with E-state index in [-0.39, 0.29) is 0 Å². The van der Waals surface area contributed by atoms with Crippen LogP contribution in [-0.2, 0) is 13.3 Å². The lowest BCUT2D eigenvalue weighted by molar-refractivity contribution is 0.0805. The van der Waals surface area contributed by atoms with E-state index >= 15 is 0 Å². The molecule has 2 aromatic heterocycles. The molecule has 1 saturated heterocycles. The maximum absolute atomic E-state index is 4.24. The van der Waals surface area contributed by atoms with E-state index < -0.39 is 0 Å². The van der Waals surface area contributed by atoms with Gasteiger partial charge in [-0.15, -0.1) is 0 Å². The number of hydrogen-bond acceptors (Lipinski definition) is 4. The van der Waals surface area contributed by atoms with Gasteiger partial charge in [-0.3, -0.25) is 19.2 Å². The lowest BCUT2D eigenvalue weighted by atomic mass is 10.3. The maximum Gasteiger partial charge on any atom is 0.0929 e. The average molecular weight is 246 g/mol. The van der Waals surface area contributed by atoms with Crippen molar-refractivity contribution in [2.75, 3.05) is 26.2 Å². The van der Waals surface area contributed by atoms with Crippen LogP contribution >= 0.6 is 0 Å². The summed E-state index contributed by atoms with van der Waals surface area (Å²) >= 11 is 0. The third-order valence-electron chi connectivity index (χ3n) is 3.27. The first-order chi connectivity index (χ1) is 8.90. The second-order valence-electron chi connectivity index (χ2n) is 4.61. The molecule has 1 aliphatic heterocycles. The summed E-state index contributed by atoms with van der Waals surface area (Å²) in [5, 5.41) is 8.47. The van der Waals surface area contributed by atoms with Gasteiger partial charge in [-0.1, -0.05) is 0 Å². The summed E-state index contributed by atoms with van der Waals surface area (Å²) in [6.45, 7) is 6.12. The van der Waals surface area contributed by atoms with E-state index in [1.807, 2.05) is 46.3 Å². The first-order valence-electron chi connectivity index (χ1n) is 6.30. The molecule has 6 nitrogen and oxygen atoms in total. The molecule has 0 radical (unpaired) electrons. The van der Waals surface area contributed by atoms with Crippen molar-refractivity contribution < 1.29 is 0 Å². The van der Waals surface area contributed by atoms with E-state index in [2.05, 4.69) is 20.0 Å². The molecule has 0 aliphatic carbocycles. The molecule has 3 heterocycles. The molecule has 1 aliphatic rings. The Morgan fingerprint density at radius 1 is 0.722 bits per heavy atom. The van der Waals surface area contributed by atoms with Crippen LogP contribution in [0.2, 0.25) is 0 Å². The molecule has 0 unspecified atom stereocenters.